The number of nitrogens with one attached hydrogen (secondary N) is 1. The molecule has 0 spiro atoms. The first kappa shape index (κ1) is 17.3. The third-order valence-electron chi connectivity index (χ3n) is 3.03. The molecular formula is C16H27N3O2. The Balaban J connectivity index is 2.74. The Kier molecular flexibility index (Phi) is 6.03. The number of nitrogens with two attached hydrogens (primary N) is 1. The molecule has 0 saturated carbocycles. The number of amides is 1. The van der Waals surface area contributed by atoms with Gasteiger partial charge in [-0.3, -0.25) is 0 Å². The number of carbonyl (C=O) groups is 1. The normalized spacial score (nSPS) is 12.7. The van der Waals surface area contributed by atoms with Gasteiger partial charge < -0.3 is 20.7 Å². The van der Waals surface area contributed by atoms with Crippen LogP contribution in [0.4, 0.5) is 10.5 Å². The molecule has 0 aliphatic rings. The van der Waals surface area contributed by atoms with E-state index in [4.69, 9.17) is 10.5 Å². The highest BCUT2D eigenvalue weighted by molar-refractivity contribution is 5.68. The SMILES string of the molecule is CN(C)c1ccccc1C(CN)CNC(=O)OC(C)(C)C. The summed E-state index contributed by atoms with van der Waals surface area (Å²) >= 11 is 0. The second kappa shape index (κ2) is 7.31. The molecule has 1 rings (SSSR count). The number of anilines is 1. The van der Waals surface area contributed by atoms with Crippen molar-refractivity contribution >= 4 is 11.8 Å². The first-order valence-electron chi connectivity index (χ1n) is 7.17. The fourth-order valence-corrected chi connectivity index (χ4v) is 2.08. The van der Waals surface area contributed by atoms with Crippen LogP contribution in [0.1, 0.15) is 32.3 Å². The van der Waals surface area contributed by atoms with Crippen LogP contribution in [0.5, 0.6) is 0 Å². The molecule has 0 radical (unpaired) electrons. The molecule has 1 aromatic carbocycles. The van der Waals surface area contributed by atoms with Gasteiger partial charge in [0, 0.05) is 38.8 Å². The van der Waals surface area contributed by atoms with E-state index in [1.165, 1.54) is 0 Å². The average molecular weight is 293 g/mol. The van der Waals surface area contributed by atoms with E-state index in [0.29, 0.717) is 13.1 Å². The fraction of sp³-hybridized carbons (Fsp3) is 0.562. The minimum atomic E-state index is -0.496. The predicted octanol–water partition coefficient (Wildman–Crippen LogP) is 2.32. The van der Waals surface area contributed by atoms with Gasteiger partial charge in [0.25, 0.3) is 0 Å². The van der Waals surface area contributed by atoms with Crippen LogP contribution in [0.2, 0.25) is 0 Å². The van der Waals surface area contributed by atoms with Crippen LogP contribution < -0.4 is 16.0 Å². The Morgan fingerprint density at radius 2 is 1.95 bits per heavy atom. The van der Waals surface area contributed by atoms with Gasteiger partial charge in [-0.1, -0.05) is 18.2 Å². The van der Waals surface area contributed by atoms with Crippen molar-refractivity contribution in [3.05, 3.63) is 29.8 Å². The van der Waals surface area contributed by atoms with E-state index in [9.17, 15) is 4.79 Å². The molecule has 21 heavy (non-hydrogen) atoms. The van der Waals surface area contributed by atoms with Crippen LogP contribution in [0.3, 0.4) is 0 Å². The summed E-state index contributed by atoms with van der Waals surface area (Å²) < 4.78 is 5.24. The minimum absolute atomic E-state index is 0.0520. The number of nitrogens with zero attached hydrogens (tertiary/aromatic N) is 1. The monoisotopic (exact) mass is 293 g/mol. The molecule has 118 valence electrons. The zero-order valence-electron chi connectivity index (χ0n) is 13.6. The molecule has 1 aromatic rings. The van der Waals surface area contributed by atoms with Gasteiger partial charge in [0.15, 0.2) is 0 Å². The Morgan fingerprint density at radius 1 is 1.33 bits per heavy atom. The predicted molar refractivity (Wildman–Crippen MR) is 86.8 cm³/mol. The number of hydrogen-bond donors (Lipinski definition) is 2. The van der Waals surface area contributed by atoms with Crippen LogP contribution in [0.15, 0.2) is 24.3 Å². The highest BCUT2D eigenvalue weighted by atomic mass is 16.6. The molecule has 0 bridgehead atoms. The van der Waals surface area contributed by atoms with Crippen LogP contribution in [0, 0.1) is 0 Å². The lowest BCUT2D eigenvalue weighted by Crippen LogP contribution is -2.36. The highest BCUT2D eigenvalue weighted by Crippen LogP contribution is 2.25. The summed E-state index contributed by atoms with van der Waals surface area (Å²) in [4.78, 5) is 13.8. The van der Waals surface area contributed by atoms with Gasteiger partial charge in [-0.15, -0.1) is 0 Å². The smallest absolute Gasteiger partial charge is 0.407 e. The van der Waals surface area contributed by atoms with E-state index in [1.807, 2.05) is 64.0 Å². The maximum Gasteiger partial charge on any atom is 0.407 e. The number of hydrogen-bond acceptors (Lipinski definition) is 4. The van der Waals surface area contributed by atoms with Crippen LogP contribution in [-0.4, -0.2) is 38.9 Å². The second-order valence-electron chi connectivity index (χ2n) is 6.27. The Bertz CT molecular complexity index is 467. The third kappa shape index (κ3) is 5.63. The zero-order valence-corrected chi connectivity index (χ0v) is 13.6. The number of para-hydroxylation sites is 1. The summed E-state index contributed by atoms with van der Waals surface area (Å²) in [7, 11) is 3.99. The van der Waals surface area contributed by atoms with Gasteiger partial charge in [0.2, 0.25) is 0 Å². The van der Waals surface area contributed by atoms with E-state index >= 15 is 0 Å². The van der Waals surface area contributed by atoms with E-state index in [-0.39, 0.29) is 5.92 Å². The topological polar surface area (TPSA) is 67.6 Å². The van der Waals surface area contributed by atoms with Gasteiger partial charge in [-0.2, -0.15) is 0 Å². The quantitative estimate of drug-likeness (QED) is 0.874. The van der Waals surface area contributed by atoms with Crippen molar-refractivity contribution in [2.75, 3.05) is 32.1 Å². The van der Waals surface area contributed by atoms with Gasteiger partial charge in [0.1, 0.15) is 5.60 Å². The van der Waals surface area contributed by atoms with Crippen molar-refractivity contribution in [1.82, 2.24) is 5.32 Å². The number of carbonyl (C=O) groups excluding carboxylic acids is 1. The summed E-state index contributed by atoms with van der Waals surface area (Å²) in [5.41, 5.74) is 7.62. The minimum Gasteiger partial charge on any atom is -0.444 e. The Hall–Kier alpha value is -1.75. The number of ether oxygens (including phenoxy) is 1. The largest absolute Gasteiger partial charge is 0.444 e. The molecule has 0 saturated heterocycles. The third-order valence-corrected chi connectivity index (χ3v) is 3.03. The fourth-order valence-electron chi connectivity index (χ4n) is 2.08. The van der Waals surface area contributed by atoms with Crippen molar-refractivity contribution in [2.24, 2.45) is 5.73 Å². The molecule has 1 amide bonds. The molecule has 0 fully saturated rings. The van der Waals surface area contributed by atoms with Crippen molar-refractivity contribution in [1.29, 1.82) is 0 Å². The van der Waals surface area contributed by atoms with Gasteiger partial charge in [-0.05, 0) is 32.4 Å². The highest BCUT2D eigenvalue weighted by Gasteiger charge is 2.19. The van der Waals surface area contributed by atoms with Crippen molar-refractivity contribution < 1.29 is 9.53 Å². The van der Waals surface area contributed by atoms with E-state index in [0.717, 1.165) is 11.3 Å². The average Bonchev–Trinajstić information content (AvgIpc) is 2.37. The first-order valence-corrected chi connectivity index (χ1v) is 7.17. The Labute approximate surface area is 127 Å². The van der Waals surface area contributed by atoms with Crippen molar-refractivity contribution in [3.8, 4) is 0 Å². The Morgan fingerprint density at radius 3 is 2.48 bits per heavy atom. The molecule has 3 N–H and O–H groups in total. The van der Waals surface area contributed by atoms with Gasteiger partial charge in [-0.25, -0.2) is 4.79 Å². The molecule has 1 unspecified atom stereocenters. The lowest BCUT2D eigenvalue weighted by Gasteiger charge is -2.24. The molecule has 5 nitrogen and oxygen atoms in total. The zero-order chi connectivity index (χ0) is 16.0. The molecule has 1 atom stereocenters. The summed E-state index contributed by atoms with van der Waals surface area (Å²) in [6.07, 6.45) is -0.414. The van der Waals surface area contributed by atoms with E-state index in [2.05, 4.69) is 5.32 Å². The van der Waals surface area contributed by atoms with Crippen molar-refractivity contribution in [2.45, 2.75) is 32.3 Å². The van der Waals surface area contributed by atoms with Crippen LogP contribution in [-0.2, 0) is 4.74 Å². The molecular weight excluding hydrogens is 266 g/mol. The van der Waals surface area contributed by atoms with Crippen LogP contribution >= 0.6 is 0 Å². The molecule has 0 heterocycles. The summed E-state index contributed by atoms with van der Waals surface area (Å²) in [5, 5.41) is 2.80. The van der Waals surface area contributed by atoms with Gasteiger partial charge >= 0.3 is 6.09 Å². The number of benzene rings is 1. The first-order chi connectivity index (χ1) is 9.74. The number of alkyl carbamates (subject to hydrolysis) is 1. The van der Waals surface area contributed by atoms with Crippen molar-refractivity contribution in [3.63, 3.8) is 0 Å². The summed E-state index contributed by atoms with van der Waals surface area (Å²) in [6.45, 7) is 6.44. The maximum atomic E-state index is 11.7. The standard InChI is InChI=1S/C16H27N3O2/c1-16(2,3)21-15(20)18-11-12(10-17)13-8-6-7-9-14(13)19(4)5/h6-9,12H,10-11,17H2,1-5H3,(H,18,20). The van der Waals surface area contributed by atoms with Crippen LogP contribution in [0.25, 0.3) is 0 Å². The maximum absolute atomic E-state index is 11.7. The van der Waals surface area contributed by atoms with E-state index < -0.39 is 11.7 Å². The molecule has 0 aliphatic carbocycles. The molecule has 0 aliphatic heterocycles. The lowest BCUT2D eigenvalue weighted by atomic mass is 9.97. The molecule has 5 heteroatoms. The summed E-state index contributed by atoms with van der Waals surface area (Å²) in [6, 6.07) is 8.07. The number of rotatable bonds is 5. The lowest BCUT2D eigenvalue weighted by molar-refractivity contribution is 0.0525. The van der Waals surface area contributed by atoms with E-state index in [1.54, 1.807) is 0 Å². The van der Waals surface area contributed by atoms with Gasteiger partial charge in [0.05, 0.1) is 0 Å². The second-order valence-corrected chi connectivity index (χ2v) is 6.27. The summed E-state index contributed by atoms with van der Waals surface area (Å²) in [5.74, 6) is 0.0520. The molecule has 0 aromatic heterocycles.